The number of likely N-dealkylation sites (tertiary alicyclic amines) is 1. The lowest BCUT2D eigenvalue weighted by Gasteiger charge is -2.33. The Morgan fingerprint density at radius 3 is 2.71 bits per heavy atom. The molecule has 7 heteroatoms. The van der Waals surface area contributed by atoms with Gasteiger partial charge in [-0.25, -0.2) is 9.37 Å². The third-order valence-corrected chi connectivity index (χ3v) is 5.39. The van der Waals surface area contributed by atoms with Crippen molar-refractivity contribution in [3.63, 3.8) is 0 Å². The van der Waals surface area contributed by atoms with Crippen LogP contribution in [0, 0.1) is 12.7 Å². The largest absolute Gasteiger partial charge is 0.338 e. The summed E-state index contributed by atoms with van der Waals surface area (Å²) in [6.07, 6.45) is 6.90. The quantitative estimate of drug-likeness (QED) is 0.700. The molecule has 1 aromatic carbocycles. The van der Waals surface area contributed by atoms with Gasteiger partial charge in [-0.05, 0) is 31.9 Å². The molecule has 0 unspecified atom stereocenters. The second-order valence-corrected chi connectivity index (χ2v) is 7.11. The van der Waals surface area contributed by atoms with Gasteiger partial charge in [0.15, 0.2) is 0 Å². The maximum absolute atomic E-state index is 14.1. The Labute approximate surface area is 163 Å². The molecule has 0 N–H and O–H groups in total. The number of aryl methyl sites for hydroxylation is 1. The van der Waals surface area contributed by atoms with Gasteiger partial charge in [0.1, 0.15) is 17.3 Å². The predicted octanol–water partition coefficient (Wildman–Crippen LogP) is 3.34. The molecule has 1 aliphatic heterocycles. The molecule has 3 aromatic rings. The maximum atomic E-state index is 14.1. The summed E-state index contributed by atoms with van der Waals surface area (Å²) in [6.45, 7) is 3.05. The van der Waals surface area contributed by atoms with Gasteiger partial charge < -0.3 is 9.47 Å². The summed E-state index contributed by atoms with van der Waals surface area (Å²) in [4.78, 5) is 28.1. The minimum Gasteiger partial charge on any atom is -0.338 e. The zero-order valence-corrected chi connectivity index (χ0v) is 16.0. The van der Waals surface area contributed by atoms with Gasteiger partial charge in [0, 0.05) is 38.4 Å². The third kappa shape index (κ3) is 3.28. The average molecular weight is 379 g/mol. The predicted molar refractivity (Wildman–Crippen MR) is 103 cm³/mol. The van der Waals surface area contributed by atoms with Crippen molar-refractivity contribution < 1.29 is 9.18 Å². The Balaban J connectivity index is 1.63. The molecule has 0 radical (unpaired) electrons. The number of nitrogens with zero attached hydrogens (tertiary/aromatic N) is 5. The third-order valence-electron chi connectivity index (χ3n) is 5.39. The number of halogens is 1. The molecule has 1 fully saturated rings. The van der Waals surface area contributed by atoms with Gasteiger partial charge in [-0.15, -0.1) is 0 Å². The fourth-order valence-corrected chi connectivity index (χ4v) is 3.76. The van der Waals surface area contributed by atoms with Crippen LogP contribution in [0.25, 0.3) is 11.4 Å². The number of hydrogen-bond donors (Lipinski definition) is 0. The Kier molecular flexibility index (Phi) is 4.90. The van der Waals surface area contributed by atoms with Crippen molar-refractivity contribution in [3.05, 3.63) is 65.8 Å². The molecule has 144 valence electrons. The van der Waals surface area contributed by atoms with E-state index in [1.165, 1.54) is 12.1 Å². The Morgan fingerprint density at radius 1 is 1.18 bits per heavy atom. The van der Waals surface area contributed by atoms with Gasteiger partial charge >= 0.3 is 0 Å². The minimum absolute atomic E-state index is 0.0448. The lowest BCUT2D eigenvalue weighted by molar-refractivity contribution is 0.0701. The molecule has 28 heavy (non-hydrogen) atoms. The van der Waals surface area contributed by atoms with Gasteiger partial charge in [-0.2, -0.15) is 0 Å². The second kappa shape index (κ2) is 7.50. The van der Waals surface area contributed by atoms with E-state index in [1.807, 2.05) is 18.5 Å². The van der Waals surface area contributed by atoms with Crippen molar-refractivity contribution in [3.8, 4) is 11.4 Å². The number of amides is 1. The Hall–Kier alpha value is -3.09. The number of carbonyl (C=O) groups excluding carboxylic acids is 1. The average Bonchev–Trinajstić information content (AvgIpc) is 3.06. The summed E-state index contributed by atoms with van der Waals surface area (Å²) in [6, 6.07) is 6.13. The first-order chi connectivity index (χ1) is 13.6. The highest BCUT2D eigenvalue weighted by Crippen LogP contribution is 2.32. The van der Waals surface area contributed by atoms with Crippen LogP contribution in [-0.4, -0.2) is 43.4 Å². The maximum Gasteiger partial charge on any atom is 0.256 e. The van der Waals surface area contributed by atoms with Crippen LogP contribution in [0.1, 0.15) is 40.6 Å². The highest BCUT2D eigenvalue weighted by Gasteiger charge is 2.30. The molecule has 0 bridgehead atoms. The topological polar surface area (TPSA) is 63.9 Å². The molecule has 0 aliphatic carbocycles. The summed E-state index contributed by atoms with van der Waals surface area (Å²) in [7, 11) is 1.95. The number of carbonyl (C=O) groups is 1. The fraction of sp³-hybridized carbons (Fsp3) is 0.333. The van der Waals surface area contributed by atoms with Crippen LogP contribution in [-0.2, 0) is 7.05 Å². The van der Waals surface area contributed by atoms with E-state index in [4.69, 9.17) is 0 Å². The van der Waals surface area contributed by atoms with E-state index >= 15 is 0 Å². The van der Waals surface area contributed by atoms with E-state index in [2.05, 4.69) is 15.0 Å². The molecule has 6 nitrogen and oxygen atoms in total. The van der Waals surface area contributed by atoms with Crippen molar-refractivity contribution in [2.75, 3.05) is 13.1 Å². The molecular formula is C21H22FN5O. The van der Waals surface area contributed by atoms with Gasteiger partial charge in [-0.1, -0.05) is 12.1 Å². The molecule has 0 saturated carbocycles. The van der Waals surface area contributed by atoms with Crippen LogP contribution in [0.5, 0.6) is 0 Å². The molecule has 3 heterocycles. The van der Waals surface area contributed by atoms with Gasteiger partial charge in [-0.3, -0.25) is 14.8 Å². The number of imidazole rings is 1. The molecule has 1 saturated heterocycles. The lowest BCUT2D eigenvalue weighted by Crippen LogP contribution is -2.39. The summed E-state index contributed by atoms with van der Waals surface area (Å²) in [5.74, 6) is 0.180. The molecule has 1 amide bonds. The van der Waals surface area contributed by atoms with E-state index in [0.29, 0.717) is 13.1 Å². The normalized spacial score (nSPS) is 17.0. The van der Waals surface area contributed by atoms with E-state index in [1.54, 1.807) is 35.6 Å². The fourth-order valence-electron chi connectivity index (χ4n) is 3.76. The summed E-state index contributed by atoms with van der Waals surface area (Å²) in [5.41, 5.74) is 2.66. The Bertz CT molecular complexity index is 1020. The van der Waals surface area contributed by atoms with E-state index in [0.717, 1.165) is 35.7 Å². The first-order valence-corrected chi connectivity index (χ1v) is 9.39. The zero-order valence-electron chi connectivity index (χ0n) is 16.0. The van der Waals surface area contributed by atoms with Gasteiger partial charge in [0.2, 0.25) is 0 Å². The lowest BCUT2D eigenvalue weighted by atomic mass is 9.92. The molecule has 2 aromatic heterocycles. The van der Waals surface area contributed by atoms with E-state index in [-0.39, 0.29) is 17.4 Å². The van der Waals surface area contributed by atoms with Crippen LogP contribution in [0.4, 0.5) is 4.39 Å². The minimum atomic E-state index is -0.486. The van der Waals surface area contributed by atoms with Crippen LogP contribution in [0.15, 0.2) is 42.9 Å². The monoisotopic (exact) mass is 379 g/mol. The summed E-state index contributed by atoms with van der Waals surface area (Å²) >= 11 is 0. The highest BCUT2D eigenvalue weighted by molar-refractivity contribution is 5.94. The van der Waals surface area contributed by atoms with Crippen molar-refractivity contribution in [2.24, 2.45) is 7.05 Å². The van der Waals surface area contributed by atoms with Crippen LogP contribution >= 0.6 is 0 Å². The molecule has 1 atom stereocenters. The van der Waals surface area contributed by atoms with Crippen molar-refractivity contribution in [2.45, 2.75) is 25.7 Å². The number of aromatic nitrogens is 4. The summed E-state index contributed by atoms with van der Waals surface area (Å²) in [5, 5.41) is 0. The number of rotatable bonds is 3. The van der Waals surface area contributed by atoms with E-state index < -0.39 is 5.82 Å². The summed E-state index contributed by atoms with van der Waals surface area (Å²) < 4.78 is 16.1. The molecule has 1 aliphatic rings. The van der Waals surface area contributed by atoms with Crippen molar-refractivity contribution in [1.29, 1.82) is 0 Å². The highest BCUT2D eigenvalue weighted by atomic mass is 19.1. The SMILES string of the molecule is Cc1ncc(-c2nccnc2[C@@H]2CCCN(C(=O)c3ccccc3F)C2)n1C. The van der Waals surface area contributed by atoms with Crippen LogP contribution in [0.2, 0.25) is 0 Å². The number of hydrogen-bond acceptors (Lipinski definition) is 4. The zero-order chi connectivity index (χ0) is 19.7. The molecule has 0 spiro atoms. The standard InChI is InChI=1S/C21H22FN5O/c1-14-25-12-18(26(14)2)20-19(23-9-10-24-20)15-6-5-11-27(13-15)21(28)16-7-3-4-8-17(16)22/h3-4,7-10,12,15H,5-6,11,13H2,1-2H3/t15-/m1/s1. The molecule has 4 rings (SSSR count). The van der Waals surface area contributed by atoms with Gasteiger partial charge in [0.25, 0.3) is 5.91 Å². The van der Waals surface area contributed by atoms with Gasteiger partial charge in [0.05, 0.1) is 23.1 Å². The number of benzene rings is 1. The molecular weight excluding hydrogens is 357 g/mol. The Morgan fingerprint density at radius 2 is 1.96 bits per heavy atom. The smallest absolute Gasteiger partial charge is 0.256 e. The second-order valence-electron chi connectivity index (χ2n) is 7.11. The van der Waals surface area contributed by atoms with Crippen molar-refractivity contribution in [1.82, 2.24) is 24.4 Å². The van der Waals surface area contributed by atoms with Crippen LogP contribution < -0.4 is 0 Å². The van der Waals surface area contributed by atoms with Crippen molar-refractivity contribution >= 4 is 5.91 Å². The number of piperidine rings is 1. The van der Waals surface area contributed by atoms with Crippen LogP contribution in [0.3, 0.4) is 0 Å². The first-order valence-electron chi connectivity index (χ1n) is 9.39. The van der Waals surface area contributed by atoms with E-state index in [9.17, 15) is 9.18 Å². The first kappa shape index (κ1) is 18.3.